The van der Waals surface area contributed by atoms with Gasteiger partial charge in [-0.3, -0.25) is 0 Å². The average Bonchev–Trinajstić information content (AvgIpc) is 2.22. The molecule has 2 unspecified atom stereocenters. The van der Waals surface area contributed by atoms with Crippen LogP contribution in [0, 0.1) is 11.7 Å². The van der Waals surface area contributed by atoms with E-state index in [1.165, 1.54) is 12.3 Å². The number of rotatable bonds is 1. The van der Waals surface area contributed by atoms with E-state index in [4.69, 9.17) is 23.2 Å². The Balaban J connectivity index is 2.18. The van der Waals surface area contributed by atoms with Crippen LogP contribution in [0.2, 0.25) is 5.02 Å². The van der Waals surface area contributed by atoms with Gasteiger partial charge in [-0.2, -0.15) is 0 Å². The molecule has 2 nitrogen and oxygen atoms in total. The number of anilines is 1. The van der Waals surface area contributed by atoms with Crippen LogP contribution >= 0.6 is 23.2 Å². The lowest BCUT2D eigenvalue weighted by Crippen LogP contribution is -2.40. The van der Waals surface area contributed by atoms with Gasteiger partial charge in [-0.15, -0.1) is 11.6 Å². The van der Waals surface area contributed by atoms with E-state index in [0.717, 1.165) is 19.5 Å². The van der Waals surface area contributed by atoms with Gasteiger partial charge in [0.25, 0.3) is 0 Å². The second kappa shape index (κ2) is 4.76. The third-order valence-electron chi connectivity index (χ3n) is 2.89. The molecule has 2 atom stereocenters. The van der Waals surface area contributed by atoms with Gasteiger partial charge in [0.05, 0.1) is 5.02 Å². The molecule has 0 saturated carbocycles. The Hall–Kier alpha value is -0.540. The van der Waals surface area contributed by atoms with Crippen LogP contribution in [0.25, 0.3) is 0 Å². The molecule has 1 fully saturated rings. The van der Waals surface area contributed by atoms with Crippen molar-refractivity contribution in [3.8, 4) is 0 Å². The van der Waals surface area contributed by atoms with Crippen LogP contribution in [0.3, 0.4) is 0 Å². The van der Waals surface area contributed by atoms with Gasteiger partial charge in [-0.1, -0.05) is 18.5 Å². The van der Waals surface area contributed by atoms with Crippen molar-refractivity contribution in [2.75, 3.05) is 18.0 Å². The summed E-state index contributed by atoms with van der Waals surface area (Å²) in [7, 11) is 0. The quantitative estimate of drug-likeness (QED) is 0.722. The largest absolute Gasteiger partial charge is 0.354 e. The second-order valence-corrected chi connectivity index (χ2v) is 5.18. The van der Waals surface area contributed by atoms with Crippen LogP contribution < -0.4 is 4.90 Å². The number of hydrogen-bond acceptors (Lipinski definition) is 2. The topological polar surface area (TPSA) is 16.1 Å². The number of alkyl halides is 1. The molecule has 0 N–H and O–H groups in total. The van der Waals surface area contributed by atoms with Crippen molar-refractivity contribution in [2.24, 2.45) is 5.92 Å². The Kier molecular flexibility index (Phi) is 3.55. The van der Waals surface area contributed by atoms with Crippen LogP contribution in [0.15, 0.2) is 12.3 Å². The molecule has 1 aliphatic rings. The minimum Gasteiger partial charge on any atom is -0.354 e. The fourth-order valence-corrected chi connectivity index (χ4v) is 2.27. The summed E-state index contributed by atoms with van der Waals surface area (Å²) in [6, 6.07) is 1.29. The van der Waals surface area contributed by atoms with Gasteiger partial charge in [0.1, 0.15) is 0 Å². The van der Waals surface area contributed by atoms with Crippen LogP contribution in [0.1, 0.15) is 13.3 Å². The van der Waals surface area contributed by atoms with E-state index >= 15 is 0 Å². The highest BCUT2D eigenvalue weighted by Crippen LogP contribution is 2.27. The fraction of sp³-hybridized carbons (Fsp3) is 0.545. The lowest BCUT2D eigenvalue weighted by molar-refractivity contribution is 0.446. The van der Waals surface area contributed by atoms with E-state index in [1.54, 1.807) is 0 Å². The highest BCUT2D eigenvalue weighted by molar-refractivity contribution is 6.30. The molecule has 88 valence electrons. The summed E-state index contributed by atoms with van der Waals surface area (Å²) in [5.74, 6) is 0.347. The SMILES string of the molecule is CC1CN(c2ncc(Cl)cc2F)CCC1Cl. The lowest BCUT2D eigenvalue weighted by Gasteiger charge is -2.34. The summed E-state index contributed by atoms with van der Waals surface area (Å²) in [5, 5.41) is 0.494. The maximum atomic E-state index is 13.6. The molecule has 1 saturated heterocycles. The normalized spacial score (nSPS) is 25.9. The number of aromatic nitrogens is 1. The summed E-state index contributed by atoms with van der Waals surface area (Å²) in [6.45, 7) is 3.54. The van der Waals surface area contributed by atoms with Gasteiger partial charge >= 0.3 is 0 Å². The van der Waals surface area contributed by atoms with Crippen molar-refractivity contribution in [1.29, 1.82) is 0 Å². The predicted molar refractivity (Wildman–Crippen MR) is 64.8 cm³/mol. The first-order valence-corrected chi connectivity index (χ1v) is 6.09. The van der Waals surface area contributed by atoms with Gasteiger partial charge < -0.3 is 4.90 Å². The van der Waals surface area contributed by atoms with E-state index < -0.39 is 0 Å². The van der Waals surface area contributed by atoms with Gasteiger partial charge in [-0.05, 0) is 18.4 Å². The first-order chi connectivity index (χ1) is 7.58. The Morgan fingerprint density at radius 1 is 1.56 bits per heavy atom. The molecule has 0 aliphatic carbocycles. The van der Waals surface area contributed by atoms with Crippen molar-refractivity contribution < 1.29 is 4.39 Å². The molecule has 0 aromatic carbocycles. The molecular weight excluding hydrogens is 250 g/mol. The van der Waals surface area contributed by atoms with E-state index in [2.05, 4.69) is 11.9 Å². The van der Waals surface area contributed by atoms with Crippen molar-refractivity contribution >= 4 is 29.0 Å². The third kappa shape index (κ3) is 2.41. The number of nitrogens with zero attached hydrogens (tertiary/aromatic N) is 2. The minimum absolute atomic E-state index is 0.173. The number of hydrogen-bond donors (Lipinski definition) is 0. The van der Waals surface area contributed by atoms with E-state index in [9.17, 15) is 4.39 Å². The molecule has 5 heteroatoms. The predicted octanol–water partition coefficient (Wildman–Crippen LogP) is 3.33. The maximum Gasteiger partial charge on any atom is 0.167 e. The first-order valence-electron chi connectivity index (χ1n) is 5.28. The first kappa shape index (κ1) is 11.9. The molecule has 0 amide bonds. The van der Waals surface area contributed by atoms with Crippen molar-refractivity contribution in [3.63, 3.8) is 0 Å². The summed E-state index contributed by atoms with van der Waals surface area (Å²) in [4.78, 5) is 5.96. The monoisotopic (exact) mass is 262 g/mol. The maximum absolute atomic E-state index is 13.6. The molecule has 1 aromatic heterocycles. The van der Waals surface area contributed by atoms with Crippen LogP contribution in [0.4, 0.5) is 10.2 Å². The zero-order chi connectivity index (χ0) is 11.7. The fourth-order valence-electron chi connectivity index (χ4n) is 1.95. The minimum atomic E-state index is -0.368. The summed E-state index contributed by atoms with van der Waals surface area (Å²) >= 11 is 11.8. The molecular formula is C11H13Cl2FN2. The highest BCUT2D eigenvalue weighted by atomic mass is 35.5. The zero-order valence-electron chi connectivity index (χ0n) is 8.96. The Morgan fingerprint density at radius 2 is 2.31 bits per heavy atom. The second-order valence-electron chi connectivity index (χ2n) is 4.19. The zero-order valence-corrected chi connectivity index (χ0v) is 10.5. The molecule has 0 radical (unpaired) electrons. The third-order valence-corrected chi connectivity index (χ3v) is 3.74. The molecule has 2 rings (SSSR count). The van der Waals surface area contributed by atoms with Crippen molar-refractivity contribution in [1.82, 2.24) is 4.98 Å². The average molecular weight is 263 g/mol. The van der Waals surface area contributed by atoms with E-state index in [0.29, 0.717) is 16.8 Å². The highest BCUT2D eigenvalue weighted by Gasteiger charge is 2.26. The Labute approximate surface area is 104 Å². The van der Waals surface area contributed by atoms with Gasteiger partial charge in [-0.25, -0.2) is 9.37 Å². The van der Waals surface area contributed by atoms with Gasteiger partial charge in [0.15, 0.2) is 11.6 Å². The standard InChI is InChI=1S/C11H13Cl2FN2/c1-7-6-16(3-2-9(7)13)11-10(14)4-8(12)5-15-11/h4-5,7,9H,2-3,6H2,1H3. The summed E-state index contributed by atoms with van der Waals surface area (Å²) < 4.78 is 13.6. The molecule has 1 aromatic rings. The van der Waals surface area contributed by atoms with Crippen LogP contribution in [-0.4, -0.2) is 23.5 Å². The summed E-state index contributed by atoms with van der Waals surface area (Å²) in [6.07, 6.45) is 2.32. The van der Waals surface area contributed by atoms with Crippen LogP contribution in [0.5, 0.6) is 0 Å². The molecule has 0 bridgehead atoms. The van der Waals surface area contributed by atoms with Crippen LogP contribution in [-0.2, 0) is 0 Å². The van der Waals surface area contributed by atoms with Crippen molar-refractivity contribution in [3.05, 3.63) is 23.1 Å². The molecule has 1 aliphatic heterocycles. The van der Waals surface area contributed by atoms with Gasteiger partial charge in [0, 0.05) is 24.7 Å². The van der Waals surface area contributed by atoms with Gasteiger partial charge in [0.2, 0.25) is 0 Å². The Bertz CT molecular complexity index is 386. The smallest absolute Gasteiger partial charge is 0.167 e. The molecule has 0 spiro atoms. The van der Waals surface area contributed by atoms with Crippen molar-refractivity contribution in [2.45, 2.75) is 18.7 Å². The number of piperidine rings is 1. The Morgan fingerprint density at radius 3 is 2.94 bits per heavy atom. The van der Waals surface area contributed by atoms with E-state index in [-0.39, 0.29) is 11.2 Å². The molecule has 2 heterocycles. The molecule has 16 heavy (non-hydrogen) atoms. The van der Waals surface area contributed by atoms with E-state index in [1.807, 2.05) is 4.90 Å². The lowest BCUT2D eigenvalue weighted by atomic mass is 9.99. The number of pyridine rings is 1. The summed E-state index contributed by atoms with van der Waals surface area (Å²) in [5.41, 5.74) is 0. The number of halogens is 3.